The van der Waals surface area contributed by atoms with Crippen LogP contribution in [0.5, 0.6) is 5.75 Å². The second-order valence-corrected chi connectivity index (χ2v) is 4.12. The molecular weight excluding hydrogens is 344 g/mol. The van der Waals surface area contributed by atoms with Crippen molar-refractivity contribution in [3.63, 3.8) is 0 Å². The van der Waals surface area contributed by atoms with Gasteiger partial charge in [-0.05, 0) is 0 Å². The lowest BCUT2D eigenvalue weighted by Crippen LogP contribution is -2.22. The molecule has 22 heavy (non-hydrogen) atoms. The fourth-order valence-electron chi connectivity index (χ4n) is 1.59. The van der Waals surface area contributed by atoms with Crippen LogP contribution in [0.1, 0.15) is 16.8 Å². The molecule has 0 aliphatic rings. The number of hydrogen-bond acceptors (Lipinski definition) is 4. The predicted octanol–water partition coefficient (Wildman–Crippen LogP) is 3.45. The van der Waals surface area contributed by atoms with Crippen molar-refractivity contribution in [3.8, 4) is 5.75 Å². The molecule has 4 nitrogen and oxygen atoms in total. The summed E-state index contributed by atoms with van der Waals surface area (Å²) in [6.07, 6.45) is -11.0. The molecule has 1 aromatic rings. The Morgan fingerprint density at radius 1 is 1.27 bits per heavy atom. The van der Waals surface area contributed by atoms with Crippen LogP contribution < -0.4 is 4.74 Å². The molecule has 0 N–H and O–H groups in total. The van der Waals surface area contributed by atoms with E-state index in [4.69, 9.17) is 11.6 Å². The largest absolute Gasteiger partial charge is 0.573 e. The predicted molar refractivity (Wildman–Crippen MR) is 61.2 cm³/mol. The molecule has 0 saturated carbocycles. The zero-order valence-electron chi connectivity index (χ0n) is 10.8. The summed E-state index contributed by atoms with van der Waals surface area (Å²) >= 11 is 5.38. The number of pyridine rings is 1. The lowest BCUT2D eigenvalue weighted by atomic mass is 10.0. The minimum Gasteiger partial charge on any atom is -0.469 e. The van der Waals surface area contributed by atoms with Gasteiger partial charge in [0.2, 0.25) is 0 Å². The van der Waals surface area contributed by atoms with Crippen LogP contribution in [0.3, 0.4) is 0 Å². The summed E-state index contributed by atoms with van der Waals surface area (Å²) < 4.78 is 83.2. The Hall–Kier alpha value is -1.71. The normalized spacial score (nSPS) is 12.2. The third kappa shape index (κ3) is 4.65. The van der Waals surface area contributed by atoms with Gasteiger partial charge in [-0.3, -0.25) is 9.78 Å². The average Bonchev–Trinajstić information content (AvgIpc) is 2.36. The lowest BCUT2D eigenvalue weighted by Gasteiger charge is -2.19. The highest BCUT2D eigenvalue weighted by atomic mass is 35.5. The van der Waals surface area contributed by atoms with Crippen LogP contribution in [0.25, 0.3) is 0 Å². The van der Waals surface area contributed by atoms with Crippen molar-refractivity contribution in [2.75, 3.05) is 7.11 Å². The molecule has 0 atom stereocenters. The summed E-state index contributed by atoms with van der Waals surface area (Å²) in [5.41, 5.74) is -2.95. The molecule has 0 bridgehead atoms. The average molecular weight is 352 g/mol. The highest BCUT2D eigenvalue weighted by Crippen LogP contribution is 2.41. The Morgan fingerprint density at radius 3 is 2.27 bits per heavy atom. The van der Waals surface area contributed by atoms with Gasteiger partial charge in [-0.2, -0.15) is 13.2 Å². The highest BCUT2D eigenvalue weighted by molar-refractivity contribution is 6.17. The second-order valence-electron chi connectivity index (χ2n) is 3.85. The van der Waals surface area contributed by atoms with Crippen molar-refractivity contribution >= 4 is 17.6 Å². The van der Waals surface area contributed by atoms with Crippen LogP contribution in [0.4, 0.5) is 26.3 Å². The number of rotatable bonds is 4. The van der Waals surface area contributed by atoms with E-state index in [9.17, 15) is 31.1 Å². The van der Waals surface area contributed by atoms with Gasteiger partial charge in [0.25, 0.3) is 0 Å². The van der Waals surface area contributed by atoms with Crippen LogP contribution in [0.15, 0.2) is 6.20 Å². The number of ether oxygens (including phenoxy) is 2. The first kappa shape index (κ1) is 18.3. The Bertz CT molecular complexity index is 558. The number of carbonyl (C=O) groups is 1. The number of halogens is 7. The zero-order chi connectivity index (χ0) is 17.1. The quantitative estimate of drug-likeness (QED) is 0.473. The van der Waals surface area contributed by atoms with Crippen LogP contribution in [-0.4, -0.2) is 24.4 Å². The van der Waals surface area contributed by atoms with Gasteiger partial charge in [0, 0.05) is 11.4 Å². The van der Waals surface area contributed by atoms with Crippen molar-refractivity contribution in [1.29, 1.82) is 0 Å². The molecule has 1 heterocycles. The first-order valence-electron chi connectivity index (χ1n) is 5.46. The summed E-state index contributed by atoms with van der Waals surface area (Å²) in [6, 6.07) is 0. The zero-order valence-corrected chi connectivity index (χ0v) is 11.6. The van der Waals surface area contributed by atoms with E-state index in [0.29, 0.717) is 0 Å². The second kappa shape index (κ2) is 6.59. The molecule has 0 aliphatic heterocycles. The van der Waals surface area contributed by atoms with Crippen LogP contribution in [-0.2, 0) is 28.0 Å². The van der Waals surface area contributed by atoms with E-state index in [-0.39, 0.29) is 6.20 Å². The third-order valence-corrected chi connectivity index (χ3v) is 2.68. The van der Waals surface area contributed by atoms with E-state index in [1.54, 1.807) is 0 Å². The van der Waals surface area contributed by atoms with Crippen LogP contribution in [0.2, 0.25) is 0 Å². The van der Waals surface area contributed by atoms with Gasteiger partial charge >= 0.3 is 18.5 Å². The van der Waals surface area contributed by atoms with Crippen molar-refractivity contribution < 1.29 is 40.6 Å². The van der Waals surface area contributed by atoms with Crippen molar-refractivity contribution in [2.24, 2.45) is 0 Å². The van der Waals surface area contributed by atoms with E-state index in [1.807, 2.05) is 0 Å². The van der Waals surface area contributed by atoms with Gasteiger partial charge in [-0.1, -0.05) is 0 Å². The smallest absolute Gasteiger partial charge is 0.469 e. The molecule has 0 aliphatic carbocycles. The molecule has 0 fully saturated rings. The molecule has 0 aromatic carbocycles. The molecule has 1 rings (SSSR count). The Labute approximate surface area is 125 Å². The molecule has 0 amide bonds. The molecular formula is C11H8ClF6NO3. The topological polar surface area (TPSA) is 48.4 Å². The summed E-state index contributed by atoms with van der Waals surface area (Å²) in [7, 11) is 0.995. The maximum atomic E-state index is 13.0. The van der Waals surface area contributed by atoms with E-state index in [0.717, 1.165) is 7.11 Å². The monoisotopic (exact) mass is 351 g/mol. The number of aromatic nitrogens is 1. The van der Waals surface area contributed by atoms with Gasteiger partial charge in [0.05, 0.1) is 25.4 Å². The molecule has 0 saturated heterocycles. The number of nitrogens with zero attached hydrogens (tertiary/aromatic N) is 1. The minimum atomic E-state index is -5.34. The molecule has 11 heteroatoms. The van der Waals surface area contributed by atoms with Gasteiger partial charge < -0.3 is 9.47 Å². The van der Waals surface area contributed by atoms with Gasteiger partial charge in [0.15, 0.2) is 5.75 Å². The van der Waals surface area contributed by atoms with Crippen molar-refractivity contribution in [1.82, 2.24) is 4.98 Å². The van der Waals surface area contributed by atoms with Gasteiger partial charge in [-0.15, -0.1) is 24.8 Å². The highest BCUT2D eigenvalue weighted by Gasteiger charge is 2.42. The first-order chi connectivity index (χ1) is 9.99. The Kier molecular flexibility index (Phi) is 5.49. The number of esters is 1. The van der Waals surface area contributed by atoms with Gasteiger partial charge in [-0.25, -0.2) is 0 Å². The third-order valence-electron chi connectivity index (χ3n) is 2.42. The fourth-order valence-corrected chi connectivity index (χ4v) is 1.88. The summed E-state index contributed by atoms with van der Waals surface area (Å²) in [5, 5.41) is 0. The summed E-state index contributed by atoms with van der Waals surface area (Å²) in [5.74, 6) is -3.27. The lowest BCUT2D eigenvalue weighted by molar-refractivity contribution is -0.276. The maximum absolute atomic E-state index is 13.0. The van der Waals surface area contributed by atoms with Gasteiger partial charge in [0.1, 0.15) is 5.56 Å². The van der Waals surface area contributed by atoms with Crippen molar-refractivity contribution in [3.05, 3.63) is 23.0 Å². The van der Waals surface area contributed by atoms with E-state index >= 15 is 0 Å². The molecule has 0 unspecified atom stereocenters. The fraction of sp³-hybridized carbons (Fsp3) is 0.455. The Morgan fingerprint density at radius 2 is 1.86 bits per heavy atom. The molecule has 124 valence electrons. The number of alkyl halides is 7. The molecule has 0 radical (unpaired) electrons. The minimum absolute atomic E-state index is 0.241. The Balaban J connectivity index is 3.47. The summed E-state index contributed by atoms with van der Waals surface area (Å²) in [6.45, 7) is 0. The summed E-state index contributed by atoms with van der Waals surface area (Å²) in [4.78, 5) is 14.5. The maximum Gasteiger partial charge on any atom is 0.573 e. The number of hydrogen-bond donors (Lipinski definition) is 0. The first-order valence-corrected chi connectivity index (χ1v) is 5.99. The van der Waals surface area contributed by atoms with E-state index in [2.05, 4.69) is 14.5 Å². The van der Waals surface area contributed by atoms with Crippen LogP contribution >= 0.6 is 11.6 Å². The van der Waals surface area contributed by atoms with E-state index < -0.39 is 53.4 Å². The molecule has 1 aromatic heterocycles. The van der Waals surface area contributed by atoms with Crippen LogP contribution in [0, 0.1) is 0 Å². The molecule has 0 spiro atoms. The number of carbonyl (C=O) groups excluding carboxylic acids is 1. The SMILES string of the molecule is COC(=O)Cc1ncc(OC(F)(F)F)c(C(F)(F)F)c1CCl. The number of methoxy groups -OCH3 is 1. The van der Waals surface area contributed by atoms with Crippen molar-refractivity contribution in [2.45, 2.75) is 24.8 Å². The van der Waals surface area contributed by atoms with E-state index in [1.165, 1.54) is 0 Å². The standard InChI is InChI=1S/C11H8ClF6NO3/c1-21-8(20)2-6-5(3-12)9(10(13,14)15)7(4-19-6)22-11(16,17)18/h4H,2-3H2,1H3.